The third-order valence-electron chi connectivity index (χ3n) is 2.97. The molecule has 0 atom stereocenters. The Labute approximate surface area is 154 Å². The molecule has 0 saturated heterocycles. The van der Waals surface area contributed by atoms with E-state index in [4.69, 9.17) is 23.2 Å². The topological polar surface area (TPSA) is 58.2 Å². The van der Waals surface area contributed by atoms with Crippen molar-refractivity contribution in [2.45, 2.75) is 12.7 Å². The van der Waals surface area contributed by atoms with E-state index in [0.717, 1.165) is 5.56 Å². The van der Waals surface area contributed by atoms with Crippen LogP contribution in [0.4, 0.5) is 11.4 Å². The summed E-state index contributed by atoms with van der Waals surface area (Å²) in [5.41, 5.74) is 2.39. The van der Waals surface area contributed by atoms with E-state index < -0.39 is 0 Å². The first-order valence-electron chi connectivity index (χ1n) is 7.13. The highest BCUT2D eigenvalue weighted by Gasteiger charge is 2.05. The fraction of sp³-hybridized carbons (Fsp3) is 0.176. The average Bonchev–Trinajstić information content (AvgIpc) is 2.52. The number of thioether (sulfide) groups is 1. The van der Waals surface area contributed by atoms with Crippen LogP contribution in [0.15, 0.2) is 42.5 Å². The van der Waals surface area contributed by atoms with E-state index in [1.165, 1.54) is 18.7 Å². The molecule has 0 unspecified atom stereocenters. The number of halogens is 2. The van der Waals surface area contributed by atoms with Crippen molar-refractivity contribution in [2.24, 2.45) is 0 Å². The van der Waals surface area contributed by atoms with Crippen LogP contribution in [-0.2, 0) is 15.3 Å². The summed E-state index contributed by atoms with van der Waals surface area (Å²) >= 11 is 13.3. The molecule has 0 spiro atoms. The van der Waals surface area contributed by atoms with E-state index in [2.05, 4.69) is 10.6 Å². The molecule has 2 aromatic carbocycles. The summed E-state index contributed by atoms with van der Waals surface area (Å²) in [6.45, 7) is 1.45. The second-order valence-corrected chi connectivity index (χ2v) is 6.85. The number of amides is 2. The van der Waals surface area contributed by atoms with Crippen molar-refractivity contribution in [2.75, 3.05) is 16.4 Å². The second kappa shape index (κ2) is 8.97. The van der Waals surface area contributed by atoms with Crippen LogP contribution in [0.2, 0.25) is 10.0 Å². The molecule has 4 nitrogen and oxygen atoms in total. The molecule has 2 rings (SSSR count). The van der Waals surface area contributed by atoms with Crippen LogP contribution in [0, 0.1) is 0 Å². The average molecular weight is 383 g/mol. The molecular weight excluding hydrogens is 367 g/mol. The lowest BCUT2D eigenvalue weighted by molar-refractivity contribution is -0.114. The molecule has 0 aromatic heterocycles. The zero-order chi connectivity index (χ0) is 17.5. The first-order valence-corrected chi connectivity index (χ1v) is 9.04. The van der Waals surface area contributed by atoms with Crippen LogP contribution in [-0.4, -0.2) is 17.6 Å². The molecular formula is C17H16Cl2N2O2S. The Morgan fingerprint density at radius 2 is 1.58 bits per heavy atom. The lowest BCUT2D eigenvalue weighted by atomic mass is 10.2. The Kier molecular flexibility index (Phi) is 6.97. The molecule has 0 saturated carbocycles. The summed E-state index contributed by atoms with van der Waals surface area (Å²) in [5, 5.41) is 6.51. The summed E-state index contributed by atoms with van der Waals surface area (Å²) in [6, 6.07) is 12.4. The highest BCUT2D eigenvalue weighted by atomic mass is 35.5. The monoisotopic (exact) mass is 382 g/mol. The number of nitrogens with one attached hydrogen (secondary N) is 2. The SMILES string of the molecule is CC(=O)Nc1ccc(NC(=O)CSCc2ccc(Cl)c(Cl)c2)cc1. The molecule has 2 N–H and O–H groups in total. The number of benzene rings is 2. The van der Waals surface area contributed by atoms with Gasteiger partial charge in [0, 0.05) is 24.1 Å². The molecule has 126 valence electrons. The van der Waals surface area contributed by atoms with Crippen LogP contribution in [0.5, 0.6) is 0 Å². The zero-order valence-electron chi connectivity index (χ0n) is 12.9. The normalized spacial score (nSPS) is 10.3. The van der Waals surface area contributed by atoms with Crippen molar-refractivity contribution in [1.82, 2.24) is 0 Å². The summed E-state index contributed by atoms with van der Waals surface area (Å²) in [6.07, 6.45) is 0. The van der Waals surface area contributed by atoms with E-state index in [1.807, 2.05) is 6.07 Å². The third-order valence-corrected chi connectivity index (χ3v) is 4.72. The molecule has 0 bridgehead atoms. The first kappa shape index (κ1) is 18.6. The molecule has 7 heteroatoms. The Morgan fingerprint density at radius 3 is 2.17 bits per heavy atom. The van der Waals surface area contributed by atoms with Crippen molar-refractivity contribution in [1.29, 1.82) is 0 Å². The maximum Gasteiger partial charge on any atom is 0.234 e. The van der Waals surface area contributed by atoms with Crippen LogP contribution < -0.4 is 10.6 Å². The Hall–Kier alpha value is -1.69. The maximum atomic E-state index is 11.9. The van der Waals surface area contributed by atoms with Crippen molar-refractivity contribution in [3.8, 4) is 0 Å². The molecule has 0 aliphatic rings. The number of hydrogen-bond acceptors (Lipinski definition) is 3. The lowest BCUT2D eigenvalue weighted by Crippen LogP contribution is -2.14. The number of carbonyl (C=O) groups is 2. The standard InChI is InChI=1S/C17H16Cl2N2O2S/c1-11(22)20-13-3-5-14(6-4-13)21-17(23)10-24-9-12-2-7-15(18)16(19)8-12/h2-8H,9-10H2,1H3,(H,20,22)(H,21,23). The van der Waals surface area contributed by atoms with E-state index >= 15 is 0 Å². The van der Waals surface area contributed by atoms with E-state index in [1.54, 1.807) is 36.4 Å². The van der Waals surface area contributed by atoms with E-state index in [9.17, 15) is 9.59 Å². The quantitative estimate of drug-likeness (QED) is 0.752. The fourth-order valence-corrected chi connectivity index (χ4v) is 3.02. The van der Waals surface area contributed by atoms with Gasteiger partial charge >= 0.3 is 0 Å². The minimum Gasteiger partial charge on any atom is -0.326 e. The van der Waals surface area contributed by atoms with Gasteiger partial charge in [0.2, 0.25) is 11.8 Å². The second-order valence-electron chi connectivity index (χ2n) is 5.05. The van der Waals surface area contributed by atoms with Gasteiger partial charge in [-0.25, -0.2) is 0 Å². The summed E-state index contributed by atoms with van der Waals surface area (Å²) in [5.74, 6) is 0.775. The third kappa shape index (κ3) is 6.07. The van der Waals surface area contributed by atoms with Crippen molar-refractivity contribution < 1.29 is 9.59 Å². The number of hydrogen-bond donors (Lipinski definition) is 2. The van der Waals surface area contributed by atoms with Crippen molar-refractivity contribution in [3.05, 3.63) is 58.1 Å². The lowest BCUT2D eigenvalue weighted by Gasteiger charge is -2.07. The molecule has 24 heavy (non-hydrogen) atoms. The van der Waals surface area contributed by atoms with E-state index in [-0.39, 0.29) is 11.8 Å². The Morgan fingerprint density at radius 1 is 0.958 bits per heavy atom. The Bertz CT molecular complexity index is 736. The Balaban J connectivity index is 1.78. The smallest absolute Gasteiger partial charge is 0.234 e. The van der Waals surface area contributed by atoms with Gasteiger partial charge < -0.3 is 10.6 Å². The van der Waals surface area contributed by atoms with Crippen molar-refractivity contribution >= 4 is 58.2 Å². The first-order chi connectivity index (χ1) is 11.4. The molecule has 0 radical (unpaired) electrons. The molecule has 0 aliphatic heterocycles. The molecule has 0 aliphatic carbocycles. The van der Waals surface area contributed by atoms with Gasteiger partial charge in [-0.15, -0.1) is 11.8 Å². The van der Waals surface area contributed by atoms with Gasteiger partial charge in [-0.3, -0.25) is 9.59 Å². The molecule has 2 amide bonds. The predicted octanol–water partition coefficient (Wildman–Crippen LogP) is 4.82. The number of rotatable bonds is 6. The minimum absolute atomic E-state index is 0.0904. The fourth-order valence-electron chi connectivity index (χ4n) is 1.93. The highest BCUT2D eigenvalue weighted by Crippen LogP contribution is 2.24. The maximum absolute atomic E-state index is 11.9. The van der Waals surface area contributed by atoms with Crippen LogP contribution in [0.25, 0.3) is 0 Å². The van der Waals surface area contributed by atoms with Crippen LogP contribution in [0.3, 0.4) is 0 Å². The summed E-state index contributed by atoms with van der Waals surface area (Å²) in [7, 11) is 0. The predicted molar refractivity (Wildman–Crippen MR) is 102 cm³/mol. The highest BCUT2D eigenvalue weighted by molar-refractivity contribution is 7.99. The molecule has 2 aromatic rings. The molecule has 0 fully saturated rings. The van der Waals surface area contributed by atoms with Gasteiger partial charge in [-0.2, -0.15) is 0 Å². The number of anilines is 2. The van der Waals surface area contributed by atoms with Gasteiger partial charge in [-0.05, 0) is 42.0 Å². The largest absolute Gasteiger partial charge is 0.326 e. The van der Waals surface area contributed by atoms with Crippen LogP contribution in [0.1, 0.15) is 12.5 Å². The van der Waals surface area contributed by atoms with Crippen molar-refractivity contribution in [3.63, 3.8) is 0 Å². The van der Waals surface area contributed by atoms with Crippen LogP contribution >= 0.6 is 35.0 Å². The minimum atomic E-state index is -0.134. The van der Waals surface area contributed by atoms with Gasteiger partial charge in [0.1, 0.15) is 0 Å². The summed E-state index contributed by atoms with van der Waals surface area (Å²) in [4.78, 5) is 22.9. The van der Waals surface area contributed by atoms with Gasteiger partial charge in [-0.1, -0.05) is 29.3 Å². The summed E-state index contributed by atoms with van der Waals surface area (Å²) < 4.78 is 0. The van der Waals surface area contributed by atoms with Gasteiger partial charge in [0.05, 0.1) is 15.8 Å². The number of carbonyl (C=O) groups excluding carboxylic acids is 2. The molecule has 0 heterocycles. The van der Waals surface area contributed by atoms with E-state index in [0.29, 0.717) is 32.9 Å². The van der Waals surface area contributed by atoms with Gasteiger partial charge in [0.15, 0.2) is 0 Å². The van der Waals surface area contributed by atoms with Gasteiger partial charge in [0.25, 0.3) is 0 Å². The zero-order valence-corrected chi connectivity index (χ0v) is 15.3.